The highest BCUT2D eigenvalue weighted by molar-refractivity contribution is 7.89. The van der Waals surface area contributed by atoms with Gasteiger partial charge in [0.15, 0.2) is 5.76 Å². The quantitative estimate of drug-likeness (QED) is 0.806. The molecule has 0 unspecified atom stereocenters. The van der Waals surface area contributed by atoms with Gasteiger partial charge in [-0.05, 0) is 37.0 Å². The lowest BCUT2D eigenvalue weighted by Gasteiger charge is -2.04. The van der Waals surface area contributed by atoms with Crippen LogP contribution in [0.1, 0.15) is 29.0 Å². The molecule has 1 fully saturated rings. The molecule has 7 heteroatoms. The lowest BCUT2D eigenvalue weighted by molar-refractivity contribution is 0.0921. The van der Waals surface area contributed by atoms with Gasteiger partial charge in [0.05, 0.1) is 0 Å². The molecule has 6 nitrogen and oxygen atoms in total. The summed E-state index contributed by atoms with van der Waals surface area (Å²) < 4.78 is 31.7. The summed E-state index contributed by atoms with van der Waals surface area (Å²) >= 11 is 0. The van der Waals surface area contributed by atoms with E-state index in [9.17, 15) is 13.2 Å². The molecule has 0 atom stereocenters. The molecule has 3 rings (SSSR count). The maximum Gasteiger partial charge on any atom is 0.287 e. The summed E-state index contributed by atoms with van der Waals surface area (Å²) in [5.41, 5.74) is 1.11. The minimum absolute atomic E-state index is 0.00534. The average molecular weight is 334 g/mol. The van der Waals surface area contributed by atoms with Crippen LogP contribution in [0.3, 0.4) is 0 Å². The van der Waals surface area contributed by atoms with E-state index in [0.717, 1.165) is 18.4 Å². The Morgan fingerprint density at radius 1 is 1.13 bits per heavy atom. The molecule has 0 saturated heterocycles. The fourth-order valence-electron chi connectivity index (χ4n) is 2.12. The number of hydrogen-bond acceptors (Lipinski definition) is 4. The highest BCUT2D eigenvalue weighted by atomic mass is 32.2. The first kappa shape index (κ1) is 15.8. The molecule has 1 aromatic heterocycles. The van der Waals surface area contributed by atoms with Crippen molar-refractivity contribution in [1.29, 1.82) is 0 Å². The van der Waals surface area contributed by atoms with Crippen molar-refractivity contribution in [2.45, 2.75) is 30.4 Å². The highest BCUT2D eigenvalue weighted by Gasteiger charge is 2.30. The molecule has 1 aromatic carbocycles. The van der Waals surface area contributed by atoms with Gasteiger partial charge in [-0.1, -0.05) is 30.3 Å². The van der Waals surface area contributed by atoms with Crippen molar-refractivity contribution in [1.82, 2.24) is 10.0 Å². The van der Waals surface area contributed by atoms with E-state index in [-0.39, 0.29) is 16.9 Å². The predicted octanol–water partition coefficient (Wildman–Crippen LogP) is 1.69. The summed E-state index contributed by atoms with van der Waals surface area (Å²) in [6, 6.07) is 12.4. The summed E-state index contributed by atoms with van der Waals surface area (Å²) in [6.45, 7) is 0.450. The van der Waals surface area contributed by atoms with Crippen LogP contribution in [0.5, 0.6) is 0 Å². The van der Waals surface area contributed by atoms with E-state index >= 15 is 0 Å². The van der Waals surface area contributed by atoms with Crippen LogP contribution in [0.15, 0.2) is 52.0 Å². The number of amides is 1. The van der Waals surface area contributed by atoms with Crippen LogP contribution < -0.4 is 10.0 Å². The molecule has 122 valence electrons. The molecule has 1 saturated carbocycles. The second-order valence-electron chi connectivity index (χ2n) is 5.51. The van der Waals surface area contributed by atoms with Gasteiger partial charge < -0.3 is 9.73 Å². The van der Waals surface area contributed by atoms with Gasteiger partial charge in [0.2, 0.25) is 5.09 Å². The molecule has 1 aliphatic carbocycles. The van der Waals surface area contributed by atoms with Crippen molar-refractivity contribution in [3.8, 4) is 0 Å². The molecule has 1 amide bonds. The molecule has 2 N–H and O–H groups in total. The Morgan fingerprint density at radius 3 is 2.57 bits per heavy atom. The van der Waals surface area contributed by atoms with E-state index in [1.54, 1.807) is 0 Å². The normalized spacial score (nSPS) is 14.6. The first-order chi connectivity index (χ1) is 11.0. The number of carbonyl (C=O) groups excluding carboxylic acids is 1. The molecule has 23 heavy (non-hydrogen) atoms. The number of rotatable bonds is 7. The van der Waals surface area contributed by atoms with Gasteiger partial charge in [0, 0.05) is 12.6 Å². The third kappa shape index (κ3) is 4.20. The Bertz CT molecular complexity index is 779. The zero-order valence-corrected chi connectivity index (χ0v) is 13.3. The Kier molecular flexibility index (Phi) is 4.49. The molecular weight excluding hydrogens is 316 g/mol. The molecule has 0 radical (unpaired) electrons. The highest BCUT2D eigenvalue weighted by Crippen LogP contribution is 2.23. The second-order valence-corrected chi connectivity index (χ2v) is 7.15. The van der Waals surface area contributed by atoms with E-state index in [1.165, 1.54) is 12.1 Å². The Labute approximate surface area is 134 Å². The van der Waals surface area contributed by atoms with Gasteiger partial charge in [-0.25, -0.2) is 13.1 Å². The number of nitrogens with one attached hydrogen (secondary N) is 2. The minimum Gasteiger partial charge on any atom is -0.438 e. The topological polar surface area (TPSA) is 88.4 Å². The van der Waals surface area contributed by atoms with Crippen molar-refractivity contribution in [3.05, 3.63) is 53.8 Å². The van der Waals surface area contributed by atoms with Gasteiger partial charge in [-0.2, -0.15) is 0 Å². The van der Waals surface area contributed by atoms with E-state index in [1.807, 2.05) is 30.3 Å². The fourth-order valence-corrected chi connectivity index (χ4v) is 3.35. The summed E-state index contributed by atoms with van der Waals surface area (Å²) in [6.07, 6.45) is 2.38. The number of furan rings is 1. The van der Waals surface area contributed by atoms with E-state index in [4.69, 9.17) is 4.42 Å². The summed E-state index contributed by atoms with van der Waals surface area (Å²) in [5, 5.41) is 2.49. The van der Waals surface area contributed by atoms with Crippen LogP contribution in [0.25, 0.3) is 0 Å². The van der Waals surface area contributed by atoms with Crippen LogP contribution in [-0.2, 0) is 16.4 Å². The first-order valence-corrected chi connectivity index (χ1v) is 8.97. The Morgan fingerprint density at radius 2 is 1.87 bits per heavy atom. The van der Waals surface area contributed by atoms with Crippen LogP contribution in [0.2, 0.25) is 0 Å². The Hall–Kier alpha value is -2.12. The summed E-state index contributed by atoms with van der Waals surface area (Å²) in [7, 11) is -3.67. The van der Waals surface area contributed by atoms with Crippen molar-refractivity contribution in [2.24, 2.45) is 0 Å². The maximum atomic E-state index is 12.0. The molecule has 1 aliphatic rings. The molecule has 0 aliphatic heterocycles. The number of hydrogen-bond donors (Lipinski definition) is 2. The molecular formula is C16H18N2O4S. The van der Waals surface area contributed by atoms with Gasteiger partial charge in [-0.15, -0.1) is 0 Å². The molecule has 0 bridgehead atoms. The summed E-state index contributed by atoms with van der Waals surface area (Å²) in [5.74, 6) is -0.428. The summed E-state index contributed by atoms with van der Waals surface area (Å²) in [4.78, 5) is 12.0. The zero-order valence-electron chi connectivity index (χ0n) is 12.5. The van der Waals surface area contributed by atoms with Crippen LogP contribution >= 0.6 is 0 Å². The van der Waals surface area contributed by atoms with E-state index in [2.05, 4.69) is 10.0 Å². The third-order valence-electron chi connectivity index (χ3n) is 3.51. The van der Waals surface area contributed by atoms with E-state index < -0.39 is 15.9 Å². The van der Waals surface area contributed by atoms with Crippen LogP contribution in [0.4, 0.5) is 0 Å². The van der Waals surface area contributed by atoms with E-state index in [0.29, 0.717) is 13.0 Å². The first-order valence-electron chi connectivity index (χ1n) is 7.49. The largest absolute Gasteiger partial charge is 0.438 e. The van der Waals surface area contributed by atoms with Crippen molar-refractivity contribution >= 4 is 15.9 Å². The number of sulfonamides is 1. The van der Waals surface area contributed by atoms with Crippen LogP contribution in [0, 0.1) is 0 Å². The lowest BCUT2D eigenvalue weighted by atomic mass is 10.1. The van der Waals surface area contributed by atoms with Crippen molar-refractivity contribution in [2.75, 3.05) is 6.54 Å². The average Bonchev–Trinajstić information content (AvgIpc) is 3.18. The number of carbonyl (C=O) groups is 1. The Balaban J connectivity index is 1.55. The number of benzene rings is 1. The zero-order chi connectivity index (χ0) is 16.3. The molecule has 1 heterocycles. The lowest BCUT2D eigenvalue weighted by Crippen LogP contribution is -2.26. The maximum absolute atomic E-state index is 12.0. The third-order valence-corrected chi connectivity index (χ3v) is 4.90. The van der Waals surface area contributed by atoms with Crippen molar-refractivity contribution in [3.63, 3.8) is 0 Å². The monoisotopic (exact) mass is 334 g/mol. The fraction of sp³-hybridized carbons (Fsp3) is 0.312. The van der Waals surface area contributed by atoms with Gasteiger partial charge in [0.1, 0.15) is 0 Å². The van der Waals surface area contributed by atoms with Gasteiger partial charge in [-0.3, -0.25) is 4.79 Å². The van der Waals surface area contributed by atoms with Gasteiger partial charge in [0.25, 0.3) is 15.9 Å². The minimum atomic E-state index is -3.67. The predicted molar refractivity (Wildman–Crippen MR) is 84.5 cm³/mol. The standard InChI is InChI=1S/C16H18N2O4S/c19-16(17-11-10-12-4-2-1-3-5-12)14-8-9-15(22-14)23(20,21)18-13-6-7-13/h1-5,8-9,13,18H,6-7,10-11H2,(H,17,19). The van der Waals surface area contributed by atoms with Crippen LogP contribution in [-0.4, -0.2) is 26.9 Å². The SMILES string of the molecule is O=C(NCCc1ccccc1)c1ccc(S(=O)(=O)NC2CC2)o1. The smallest absolute Gasteiger partial charge is 0.287 e. The second kappa shape index (κ2) is 6.55. The molecule has 0 spiro atoms. The molecule has 2 aromatic rings. The van der Waals surface area contributed by atoms with Crippen molar-refractivity contribution < 1.29 is 17.6 Å². The van der Waals surface area contributed by atoms with Gasteiger partial charge >= 0.3 is 0 Å².